The summed E-state index contributed by atoms with van der Waals surface area (Å²) in [5.41, 5.74) is 0. The molecular formula is C10H9NO2Se. The Kier molecular flexibility index (Phi) is 4.18. The molecule has 1 unspecified atom stereocenters. The summed E-state index contributed by atoms with van der Waals surface area (Å²) in [6.45, 7) is 1.31. The zero-order valence-corrected chi connectivity index (χ0v) is 9.35. The Morgan fingerprint density at radius 2 is 2.14 bits per heavy atom. The predicted molar refractivity (Wildman–Crippen MR) is 53.0 cm³/mol. The molecule has 1 aromatic rings. The molecule has 0 radical (unpaired) electrons. The molecule has 1 rings (SSSR count). The molecule has 0 amide bonds. The summed E-state index contributed by atoms with van der Waals surface area (Å²) in [7, 11) is 0. The van der Waals surface area contributed by atoms with Crippen molar-refractivity contribution >= 4 is 25.4 Å². The first-order valence-electron chi connectivity index (χ1n) is 4.01. The van der Waals surface area contributed by atoms with Gasteiger partial charge in [-0.2, -0.15) is 0 Å². The van der Waals surface area contributed by atoms with Gasteiger partial charge in [0.1, 0.15) is 0 Å². The van der Waals surface area contributed by atoms with E-state index in [9.17, 15) is 4.79 Å². The fraction of sp³-hybridized carbons (Fsp3) is 0.200. The van der Waals surface area contributed by atoms with Crippen LogP contribution in [0, 0.1) is 11.3 Å². The third-order valence-corrected chi connectivity index (χ3v) is 3.38. The molecule has 14 heavy (non-hydrogen) atoms. The second-order valence-corrected chi connectivity index (χ2v) is 4.88. The van der Waals surface area contributed by atoms with E-state index in [0.717, 1.165) is 4.46 Å². The summed E-state index contributed by atoms with van der Waals surface area (Å²) < 4.78 is 5.88. The second-order valence-electron chi connectivity index (χ2n) is 2.50. The van der Waals surface area contributed by atoms with E-state index in [1.165, 1.54) is 6.92 Å². The molecule has 0 heterocycles. The summed E-state index contributed by atoms with van der Waals surface area (Å²) in [6, 6.07) is 11.5. The van der Waals surface area contributed by atoms with Crippen molar-refractivity contribution in [1.82, 2.24) is 0 Å². The third kappa shape index (κ3) is 3.61. The predicted octanol–water partition coefficient (Wildman–Crippen LogP) is 0.429. The van der Waals surface area contributed by atoms with Gasteiger partial charge in [-0.15, -0.1) is 0 Å². The van der Waals surface area contributed by atoms with Crippen LogP contribution in [0.2, 0.25) is 0 Å². The van der Waals surface area contributed by atoms with E-state index in [1.807, 2.05) is 36.4 Å². The number of benzene rings is 1. The van der Waals surface area contributed by atoms with Gasteiger partial charge in [0.25, 0.3) is 0 Å². The normalized spacial score (nSPS) is 11.4. The number of hydrogen-bond donors (Lipinski definition) is 0. The molecule has 0 aliphatic heterocycles. The van der Waals surface area contributed by atoms with Crippen LogP contribution in [0.3, 0.4) is 0 Å². The molecule has 0 saturated heterocycles. The molecule has 0 aliphatic rings. The molecule has 0 aromatic heterocycles. The topological polar surface area (TPSA) is 50.1 Å². The molecule has 0 spiro atoms. The summed E-state index contributed by atoms with van der Waals surface area (Å²) in [5, 5.41) is 8.10. The van der Waals surface area contributed by atoms with Crippen molar-refractivity contribution in [2.75, 3.05) is 0 Å². The first kappa shape index (κ1) is 10.8. The molecule has 0 N–H and O–H groups in total. The molecular weight excluding hydrogens is 245 g/mol. The van der Waals surface area contributed by atoms with Gasteiger partial charge in [0.2, 0.25) is 0 Å². The zero-order valence-electron chi connectivity index (χ0n) is 7.64. The van der Waals surface area contributed by atoms with E-state index in [0.29, 0.717) is 0 Å². The van der Waals surface area contributed by atoms with E-state index in [2.05, 4.69) is 0 Å². The van der Waals surface area contributed by atoms with Gasteiger partial charge < -0.3 is 0 Å². The van der Waals surface area contributed by atoms with Gasteiger partial charge in [-0.05, 0) is 0 Å². The van der Waals surface area contributed by atoms with Gasteiger partial charge >= 0.3 is 88.5 Å². The Morgan fingerprint density at radius 1 is 1.50 bits per heavy atom. The Labute approximate surface area is 88.8 Å². The number of nitrogens with zero attached hydrogens (tertiary/aromatic N) is 1. The van der Waals surface area contributed by atoms with E-state index < -0.39 is 11.0 Å². The van der Waals surface area contributed by atoms with Crippen molar-refractivity contribution in [2.45, 2.75) is 11.9 Å². The van der Waals surface area contributed by atoms with E-state index in [-0.39, 0.29) is 15.0 Å². The van der Waals surface area contributed by atoms with Crippen molar-refractivity contribution in [3.63, 3.8) is 0 Å². The van der Waals surface area contributed by atoms with Crippen molar-refractivity contribution in [3.8, 4) is 6.07 Å². The van der Waals surface area contributed by atoms with E-state index in [4.69, 9.17) is 10.00 Å². The Morgan fingerprint density at radius 3 is 2.64 bits per heavy atom. The molecule has 0 saturated carbocycles. The van der Waals surface area contributed by atoms with Crippen molar-refractivity contribution in [2.24, 2.45) is 0 Å². The molecule has 3 nitrogen and oxygen atoms in total. The van der Waals surface area contributed by atoms with Crippen LogP contribution in [-0.4, -0.2) is 25.9 Å². The summed E-state index contributed by atoms with van der Waals surface area (Å²) in [4.78, 5) is 10.6. The van der Waals surface area contributed by atoms with Gasteiger partial charge in [0.15, 0.2) is 0 Å². The van der Waals surface area contributed by atoms with Gasteiger partial charge in [-0.25, -0.2) is 0 Å². The number of carbonyl (C=O) groups excluding carboxylic acids is 1. The summed E-state index contributed by atoms with van der Waals surface area (Å²) in [6.07, 6.45) is 0. The van der Waals surface area contributed by atoms with Crippen LogP contribution in [0.25, 0.3) is 0 Å². The fourth-order valence-corrected chi connectivity index (χ4v) is 2.52. The monoisotopic (exact) mass is 255 g/mol. The number of carbonyl (C=O) groups is 1. The third-order valence-electron chi connectivity index (χ3n) is 1.36. The van der Waals surface area contributed by atoms with Crippen LogP contribution >= 0.6 is 0 Å². The van der Waals surface area contributed by atoms with Gasteiger partial charge in [-0.3, -0.25) is 0 Å². The minimum atomic E-state index is -0.623. The maximum absolute atomic E-state index is 10.6. The van der Waals surface area contributed by atoms with E-state index >= 15 is 0 Å². The summed E-state index contributed by atoms with van der Waals surface area (Å²) in [5.74, 6) is -0.408. The van der Waals surface area contributed by atoms with Crippen LogP contribution < -0.4 is 4.46 Å². The molecule has 1 atom stereocenters. The maximum atomic E-state index is 10.6. The average molecular weight is 254 g/mol. The van der Waals surface area contributed by atoms with Gasteiger partial charge in [-0.1, -0.05) is 0 Å². The number of rotatable bonds is 3. The molecule has 0 fully saturated rings. The Bertz CT molecular complexity index is 345. The van der Waals surface area contributed by atoms with Crippen molar-refractivity contribution in [3.05, 3.63) is 30.3 Å². The molecule has 0 aliphatic carbocycles. The van der Waals surface area contributed by atoms with E-state index in [1.54, 1.807) is 0 Å². The Hall–Kier alpha value is -1.30. The molecule has 0 bridgehead atoms. The fourth-order valence-electron chi connectivity index (χ4n) is 0.850. The minimum absolute atomic E-state index is 0.137. The number of ether oxygens (including phenoxy) is 1. The zero-order chi connectivity index (χ0) is 10.4. The summed E-state index contributed by atoms with van der Waals surface area (Å²) >= 11 is -0.137. The van der Waals surface area contributed by atoms with Crippen LogP contribution in [0.5, 0.6) is 0 Å². The van der Waals surface area contributed by atoms with Crippen LogP contribution in [0.4, 0.5) is 0 Å². The molecule has 1 aromatic carbocycles. The van der Waals surface area contributed by atoms with Gasteiger partial charge in [0, 0.05) is 0 Å². The number of nitriles is 1. The molecule has 72 valence electrons. The van der Waals surface area contributed by atoms with Crippen LogP contribution in [0.1, 0.15) is 6.92 Å². The first-order valence-corrected chi connectivity index (χ1v) is 5.85. The number of hydrogen-bond acceptors (Lipinski definition) is 3. The molecule has 4 heteroatoms. The van der Waals surface area contributed by atoms with Gasteiger partial charge in [0.05, 0.1) is 0 Å². The SMILES string of the molecule is CC(=O)OC(C#N)[Se]c1ccccc1. The van der Waals surface area contributed by atoms with Crippen LogP contribution in [0.15, 0.2) is 30.3 Å². The van der Waals surface area contributed by atoms with Crippen LogP contribution in [-0.2, 0) is 9.53 Å². The quantitative estimate of drug-likeness (QED) is 0.580. The first-order chi connectivity index (χ1) is 6.72. The average Bonchev–Trinajstić information content (AvgIpc) is 2.17. The number of esters is 1. The second kappa shape index (κ2) is 5.43. The van der Waals surface area contributed by atoms with Crippen molar-refractivity contribution in [1.29, 1.82) is 5.26 Å². The standard InChI is InChI=1S/C10H9NO2Se/c1-8(12)13-10(7-11)14-9-5-3-2-4-6-9/h2-6,10H,1H3. The Balaban J connectivity index is 2.58. The van der Waals surface area contributed by atoms with Crippen molar-refractivity contribution < 1.29 is 9.53 Å².